The highest BCUT2D eigenvalue weighted by molar-refractivity contribution is 5.92. The van der Waals surface area contributed by atoms with Crippen molar-refractivity contribution in [3.05, 3.63) is 106 Å². The lowest BCUT2D eigenvalue weighted by Gasteiger charge is -2.15. The molecule has 0 saturated heterocycles. The Morgan fingerprint density at radius 3 is 2.35 bits per heavy atom. The fraction of sp³-hybridized carbons (Fsp3) is 0.241. The molecule has 1 aromatic heterocycles. The Morgan fingerprint density at radius 1 is 0.941 bits per heavy atom. The van der Waals surface area contributed by atoms with Gasteiger partial charge in [0.1, 0.15) is 12.3 Å². The second-order valence-electron chi connectivity index (χ2n) is 8.80. The van der Waals surface area contributed by atoms with Crippen LogP contribution in [0.3, 0.4) is 0 Å². The van der Waals surface area contributed by atoms with Gasteiger partial charge in [-0.1, -0.05) is 56.3 Å². The first-order chi connectivity index (χ1) is 16.4. The van der Waals surface area contributed by atoms with Crippen LogP contribution in [0.25, 0.3) is 10.9 Å². The van der Waals surface area contributed by atoms with E-state index in [-0.39, 0.29) is 18.0 Å². The van der Waals surface area contributed by atoms with Gasteiger partial charge in [0.05, 0.1) is 12.6 Å². The highest BCUT2D eigenvalue weighted by Gasteiger charge is 2.14. The van der Waals surface area contributed by atoms with Crippen molar-refractivity contribution in [1.82, 2.24) is 4.57 Å². The van der Waals surface area contributed by atoms with Crippen LogP contribution in [-0.4, -0.2) is 17.6 Å². The van der Waals surface area contributed by atoms with Gasteiger partial charge in [-0.15, -0.1) is 0 Å². The van der Waals surface area contributed by atoms with Gasteiger partial charge < -0.3 is 10.1 Å². The molecular weight excluding hydrogens is 424 g/mol. The molecule has 0 spiro atoms. The van der Waals surface area contributed by atoms with Crippen molar-refractivity contribution in [3.8, 4) is 5.75 Å². The van der Waals surface area contributed by atoms with Gasteiger partial charge >= 0.3 is 0 Å². The minimum atomic E-state index is -0.247. The molecule has 4 rings (SSSR count). The van der Waals surface area contributed by atoms with E-state index in [9.17, 15) is 9.59 Å². The molecule has 4 aromatic rings. The summed E-state index contributed by atoms with van der Waals surface area (Å²) < 4.78 is 6.92. The monoisotopic (exact) mass is 454 g/mol. The fourth-order valence-electron chi connectivity index (χ4n) is 4.09. The molecule has 0 radical (unpaired) electrons. The normalized spacial score (nSPS) is 11.1. The summed E-state index contributed by atoms with van der Waals surface area (Å²) in [5.74, 6) is 0.814. The highest BCUT2D eigenvalue weighted by Crippen LogP contribution is 2.22. The van der Waals surface area contributed by atoms with Crippen molar-refractivity contribution >= 4 is 22.5 Å². The van der Waals surface area contributed by atoms with Crippen LogP contribution in [0.5, 0.6) is 5.75 Å². The number of aryl methyl sites for hydroxylation is 2. The van der Waals surface area contributed by atoms with Crippen molar-refractivity contribution in [2.75, 3.05) is 12.4 Å². The van der Waals surface area contributed by atoms with E-state index < -0.39 is 0 Å². The number of methoxy groups -OCH3 is 1. The van der Waals surface area contributed by atoms with Crippen LogP contribution < -0.4 is 15.6 Å². The minimum Gasteiger partial charge on any atom is -0.497 e. The zero-order valence-corrected chi connectivity index (χ0v) is 19.9. The Morgan fingerprint density at radius 2 is 1.68 bits per heavy atom. The lowest BCUT2D eigenvalue weighted by molar-refractivity contribution is -0.116. The van der Waals surface area contributed by atoms with Crippen LogP contribution in [0.2, 0.25) is 0 Å². The molecule has 0 fully saturated rings. The lowest BCUT2D eigenvalue weighted by Crippen LogP contribution is -2.30. The van der Waals surface area contributed by atoms with Crippen LogP contribution in [0.4, 0.5) is 5.69 Å². The van der Waals surface area contributed by atoms with E-state index in [0.29, 0.717) is 34.9 Å². The van der Waals surface area contributed by atoms with Gasteiger partial charge in [-0.25, -0.2) is 0 Å². The van der Waals surface area contributed by atoms with Crippen LogP contribution in [-0.2, 0) is 24.2 Å². The van der Waals surface area contributed by atoms with E-state index >= 15 is 0 Å². The maximum Gasteiger partial charge on any atom is 0.254 e. The van der Waals surface area contributed by atoms with Gasteiger partial charge in [0.2, 0.25) is 5.91 Å². The van der Waals surface area contributed by atoms with Crippen LogP contribution >= 0.6 is 0 Å². The largest absolute Gasteiger partial charge is 0.497 e. The average molecular weight is 455 g/mol. The smallest absolute Gasteiger partial charge is 0.254 e. The summed E-state index contributed by atoms with van der Waals surface area (Å²) in [4.78, 5) is 26.4. The molecule has 0 aliphatic heterocycles. The molecule has 1 heterocycles. The third-order valence-corrected chi connectivity index (χ3v) is 6.07. The predicted molar refractivity (Wildman–Crippen MR) is 138 cm³/mol. The molecule has 0 aliphatic carbocycles. The summed E-state index contributed by atoms with van der Waals surface area (Å²) in [5, 5.41) is 3.82. The molecule has 5 nitrogen and oxygen atoms in total. The minimum absolute atomic E-state index is 0.0758. The van der Waals surface area contributed by atoms with Gasteiger partial charge in [0.25, 0.3) is 5.56 Å². The number of carbonyl (C=O) groups is 1. The average Bonchev–Trinajstić information content (AvgIpc) is 2.85. The lowest BCUT2D eigenvalue weighted by atomic mass is 10.0. The summed E-state index contributed by atoms with van der Waals surface area (Å²) >= 11 is 0. The highest BCUT2D eigenvalue weighted by atomic mass is 16.5. The summed E-state index contributed by atoms with van der Waals surface area (Å²) in [6.07, 6.45) is 1.36. The first-order valence-electron chi connectivity index (χ1n) is 11.6. The number of nitrogens with zero attached hydrogens (tertiary/aromatic N) is 1. The summed E-state index contributed by atoms with van der Waals surface area (Å²) in [5.41, 5.74) is 4.31. The maximum atomic E-state index is 13.5. The number of rotatable bonds is 8. The van der Waals surface area contributed by atoms with Crippen molar-refractivity contribution in [3.63, 3.8) is 0 Å². The number of amides is 1. The molecule has 34 heavy (non-hydrogen) atoms. The molecule has 1 N–H and O–H groups in total. The quantitative estimate of drug-likeness (QED) is 0.379. The van der Waals surface area contributed by atoms with Crippen molar-refractivity contribution in [2.45, 2.75) is 39.2 Å². The number of aromatic nitrogens is 1. The van der Waals surface area contributed by atoms with E-state index in [0.717, 1.165) is 11.8 Å². The molecule has 0 unspecified atom stereocenters. The molecule has 3 aromatic carbocycles. The first kappa shape index (κ1) is 23.3. The molecule has 0 bridgehead atoms. The number of hydrogen-bond donors (Lipinski definition) is 1. The Balaban J connectivity index is 1.63. The van der Waals surface area contributed by atoms with Gasteiger partial charge in [0, 0.05) is 17.3 Å². The topological polar surface area (TPSA) is 60.3 Å². The fourth-order valence-corrected chi connectivity index (χ4v) is 4.09. The number of ether oxygens (including phenoxy) is 1. The number of pyridine rings is 1. The standard InChI is InChI=1S/C29H30N2O3/c1-20(2)22-11-14-25(15-12-22)30-28(32)19-31-27-18-26(34-3)16-13-23(27)17-24(29(31)33)10-9-21-7-5-4-6-8-21/h4-8,11-18,20H,9-10,19H2,1-3H3,(H,30,32). The second-order valence-corrected chi connectivity index (χ2v) is 8.80. The van der Waals surface area contributed by atoms with Gasteiger partial charge in [-0.2, -0.15) is 0 Å². The third-order valence-electron chi connectivity index (χ3n) is 6.07. The number of hydrogen-bond acceptors (Lipinski definition) is 3. The van der Waals surface area contributed by atoms with Crippen LogP contribution in [0.15, 0.2) is 83.7 Å². The number of fused-ring (bicyclic) bond motifs is 1. The third kappa shape index (κ3) is 5.37. The number of benzene rings is 3. The molecule has 0 atom stereocenters. The molecular formula is C29H30N2O3. The molecule has 174 valence electrons. The molecule has 5 heteroatoms. The Bertz CT molecular complexity index is 1340. The maximum absolute atomic E-state index is 13.5. The Hall–Kier alpha value is -3.86. The molecule has 0 aliphatic rings. The zero-order chi connectivity index (χ0) is 24.1. The van der Waals surface area contributed by atoms with Gasteiger partial charge in [-0.05, 0) is 65.6 Å². The number of anilines is 1. The summed E-state index contributed by atoms with van der Waals surface area (Å²) in [6.45, 7) is 4.18. The molecule has 0 saturated carbocycles. The zero-order valence-electron chi connectivity index (χ0n) is 19.9. The summed E-state index contributed by atoms with van der Waals surface area (Å²) in [6, 6.07) is 25.4. The van der Waals surface area contributed by atoms with Crippen molar-refractivity contribution in [1.29, 1.82) is 0 Å². The van der Waals surface area contributed by atoms with E-state index in [2.05, 4.69) is 31.3 Å². The number of carbonyl (C=O) groups excluding carboxylic acids is 1. The van der Waals surface area contributed by atoms with E-state index in [1.54, 1.807) is 11.7 Å². The van der Waals surface area contributed by atoms with E-state index in [1.165, 1.54) is 11.1 Å². The second kappa shape index (κ2) is 10.4. The van der Waals surface area contributed by atoms with Crippen LogP contribution in [0.1, 0.15) is 36.5 Å². The SMILES string of the molecule is COc1ccc2cc(CCc3ccccc3)c(=O)n(CC(=O)Nc3ccc(C(C)C)cc3)c2c1. The van der Waals surface area contributed by atoms with Gasteiger partial charge in [-0.3, -0.25) is 14.2 Å². The Kier molecular flexibility index (Phi) is 7.12. The predicted octanol–water partition coefficient (Wildman–Crippen LogP) is 5.56. The van der Waals surface area contributed by atoms with Crippen LogP contribution in [0, 0.1) is 0 Å². The molecule has 1 amide bonds. The summed E-state index contributed by atoms with van der Waals surface area (Å²) in [7, 11) is 1.59. The van der Waals surface area contributed by atoms with Crippen molar-refractivity contribution < 1.29 is 9.53 Å². The van der Waals surface area contributed by atoms with E-state index in [4.69, 9.17) is 4.74 Å². The Labute approximate surface area is 200 Å². The van der Waals surface area contributed by atoms with Gasteiger partial charge in [0.15, 0.2) is 0 Å². The first-order valence-corrected chi connectivity index (χ1v) is 11.6. The van der Waals surface area contributed by atoms with E-state index in [1.807, 2.05) is 66.7 Å². The van der Waals surface area contributed by atoms with Crippen molar-refractivity contribution in [2.24, 2.45) is 0 Å². The number of nitrogens with one attached hydrogen (secondary N) is 1.